The van der Waals surface area contributed by atoms with Gasteiger partial charge in [-0.05, 0) is 24.3 Å². The van der Waals surface area contributed by atoms with E-state index in [1.54, 1.807) is 37.4 Å². The number of rotatable bonds is 5. The van der Waals surface area contributed by atoms with Gasteiger partial charge < -0.3 is 19.3 Å². The number of ether oxygens (including phenoxy) is 1. The van der Waals surface area contributed by atoms with Crippen LogP contribution in [-0.4, -0.2) is 34.6 Å². The van der Waals surface area contributed by atoms with E-state index in [1.165, 1.54) is 12.0 Å². The minimum Gasteiger partial charge on any atom is -0.508 e. The Kier molecular flexibility index (Phi) is 5.19. The number of nitrogens with zero attached hydrogens (tertiary/aromatic N) is 2. The van der Waals surface area contributed by atoms with Crippen LogP contribution in [0.2, 0.25) is 5.02 Å². The Morgan fingerprint density at radius 2 is 1.88 bits per heavy atom. The summed E-state index contributed by atoms with van der Waals surface area (Å²) in [6.45, 7) is 0.269. The van der Waals surface area contributed by atoms with Crippen molar-refractivity contribution in [2.45, 2.75) is 6.54 Å². The Morgan fingerprint density at radius 1 is 1.19 bits per heavy atom. The summed E-state index contributed by atoms with van der Waals surface area (Å²) in [5.74, 6) is 0.346. The van der Waals surface area contributed by atoms with E-state index in [0.29, 0.717) is 21.9 Å². The molecule has 1 amide bonds. The Balaban J connectivity index is 1.91. The molecule has 0 saturated heterocycles. The first-order valence-corrected chi connectivity index (χ1v) is 8.42. The molecule has 0 spiro atoms. The molecule has 134 valence electrons. The maximum atomic E-state index is 12.9. The van der Waals surface area contributed by atoms with E-state index in [0.717, 1.165) is 5.69 Å². The van der Waals surface area contributed by atoms with Gasteiger partial charge in [-0.25, -0.2) is 0 Å². The lowest BCUT2D eigenvalue weighted by Crippen LogP contribution is -2.26. The lowest BCUT2D eigenvalue weighted by atomic mass is 10.1. The quantitative estimate of drug-likeness (QED) is 0.735. The minimum absolute atomic E-state index is 0.153. The number of halogens is 1. The number of phenolic OH excluding ortho intramolecular Hbond substituents is 1. The third-order valence-electron chi connectivity index (χ3n) is 4.13. The maximum absolute atomic E-state index is 12.9. The number of amides is 1. The van der Waals surface area contributed by atoms with Gasteiger partial charge in [0.2, 0.25) is 0 Å². The van der Waals surface area contributed by atoms with Gasteiger partial charge in [0, 0.05) is 37.6 Å². The molecule has 1 aromatic heterocycles. The molecule has 0 bridgehead atoms. The minimum atomic E-state index is -0.244. The Morgan fingerprint density at radius 3 is 2.54 bits per heavy atom. The zero-order chi connectivity index (χ0) is 18.7. The molecule has 1 heterocycles. The topological polar surface area (TPSA) is 54.7 Å². The van der Waals surface area contributed by atoms with Gasteiger partial charge in [0.25, 0.3) is 5.91 Å². The van der Waals surface area contributed by atoms with Crippen LogP contribution in [0.5, 0.6) is 11.5 Å². The Labute approximate surface area is 157 Å². The van der Waals surface area contributed by atoms with Gasteiger partial charge in [0.1, 0.15) is 11.5 Å². The first-order valence-electron chi connectivity index (χ1n) is 8.04. The van der Waals surface area contributed by atoms with Crippen LogP contribution in [0.15, 0.2) is 60.9 Å². The van der Waals surface area contributed by atoms with Crippen molar-refractivity contribution < 1.29 is 14.6 Å². The highest BCUT2D eigenvalue weighted by atomic mass is 35.5. The van der Waals surface area contributed by atoms with E-state index in [-0.39, 0.29) is 18.2 Å². The highest BCUT2D eigenvalue weighted by Gasteiger charge is 2.20. The number of hydrogen-bond donors (Lipinski definition) is 1. The van der Waals surface area contributed by atoms with Gasteiger partial charge in [-0.15, -0.1) is 0 Å². The number of phenols is 1. The average Bonchev–Trinajstić information content (AvgIpc) is 3.17. The third-order valence-corrected chi connectivity index (χ3v) is 4.43. The van der Waals surface area contributed by atoms with E-state index in [2.05, 4.69) is 0 Å². The predicted octanol–water partition coefficient (Wildman–Crippen LogP) is 4.12. The summed E-state index contributed by atoms with van der Waals surface area (Å²) in [6, 6.07) is 14.1. The number of aromatic nitrogens is 1. The largest absolute Gasteiger partial charge is 0.508 e. The van der Waals surface area contributed by atoms with Gasteiger partial charge in [-0.2, -0.15) is 0 Å². The summed E-state index contributed by atoms with van der Waals surface area (Å²) < 4.78 is 7.27. The van der Waals surface area contributed by atoms with Crippen molar-refractivity contribution in [3.8, 4) is 17.2 Å². The monoisotopic (exact) mass is 370 g/mol. The van der Waals surface area contributed by atoms with Crippen LogP contribution in [0.4, 0.5) is 0 Å². The summed E-state index contributed by atoms with van der Waals surface area (Å²) in [7, 11) is 3.18. The van der Waals surface area contributed by atoms with Crippen LogP contribution in [0.25, 0.3) is 5.69 Å². The number of methoxy groups -OCH3 is 1. The molecule has 0 fully saturated rings. The van der Waals surface area contributed by atoms with Crippen molar-refractivity contribution >= 4 is 17.5 Å². The first-order chi connectivity index (χ1) is 12.5. The van der Waals surface area contributed by atoms with Crippen LogP contribution in [0.1, 0.15) is 15.9 Å². The molecule has 3 rings (SSSR count). The van der Waals surface area contributed by atoms with Gasteiger partial charge in [-0.1, -0.05) is 29.8 Å². The molecule has 3 aromatic rings. The van der Waals surface area contributed by atoms with Gasteiger partial charge in [-0.3, -0.25) is 4.79 Å². The van der Waals surface area contributed by atoms with Gasteiger partial charge >= 0.3 is 0 Å². The number of hydrogen-bond acceptors (Lipinski definition) is 3. The van der Waals surface area contributed by atoms with E-state index in [9.17, 15) is 9.90 Å². The standard InChI is InChI=1S/C20H19ClN2O3/c1-22(13-14-7-3-4-8-18(14)24)20(25)15-11-16(21)17(12-19(15)26-2)23-9-5-6-10-23/h3-12,24H,13H2,1-2H3. The van der Waals surface area contributed by atoms with Crippen molar-refractivity contribution in [1.29, 1.82) is 0 Å². The second-order valence-electron chi connectivity index (χ2n) is 5.88. The highest BCUT2D eigenvalue weighted by Crippen LogP contribution is 2.31. The predicted molar refractivity (Wildman–Crippen MR) is 101 cm³/mol. The number of aromatic hydroxyl groups is 1. The zero-order valence-corrected chi connectivity index (χ0v) is 15.3. The average molecular weight is 371 g/mol. The van der Waals surface area contributed by atoms with Gasteiger partial charge in [0.05, 0.1) is 23.4 Å². The van der Waals surface area contributed by atoms with Crippen LogP contribution in [0, 0.1) is 0 Å². The molecule has 26 heavy (non-hydrogen) atoms. The second kappa shape index (κ2) is 7.54. The molecule has 0 aliphatic carbocycles. The van der Waals surface area contributed by atoms with Crippen LogP contribution in [0.3, 0.4) is 0 Å². The number of benzene rings is 2. The second-order valence-corrected chi connectivity index (χ2v) is 6.29. The third kappa shape index (κ3) is 3.53. The Bertz CT molecular complexity index is 923. The smallest absolute Gasteiger partial charge is 0.257 e. The van der Waals surface area contributed by atoms with Crippen LogP contribution >= 0.6 is 11.6 Å². The summed E-state index contributed by atoms with van der Waals surface area (Å²) in [5, 5.41) is 10.4. The molecule has 0 aliphatic heterocycles. The number of para-hydroxylation sites is 1. The van der Waals surface area contributed by atoms with Gasteiger partial charge in [0.15, 0.2) is 0 Å². The summed E-state index contributed by atoms with van der Waals surface area (Å²) in [4.78, 5) is 14.4. The van der Waals surface area contributed by atoms with Crippen molar-refractivity contribution in [2.75, 3.05) is 14.2 Å². The summed E-state index contributed by atoms with van der Waals surface area (Å²) in [6.07, 6.45) is 3.74. The molecule has 1 N–H and O–H groups in total. The lowest BCUT2D eigenvalue weighted by Gasteiger charge is -2.20. The fraction of sp³-hybridized carbons (Fsp3) is 0.150. The molecule has 6 heteroatoms. The SMILES string of the molecule is COc1cc(-n2cccc2)c(Cl)cc1C(=O)N(C)Cc1ccccc1O. The maximum Gasteiger partial charge on any atom is 0.257 e. The fourth-order valence-corrected chi connectivity index (χ4v) is 3.01. The lowest BCUT2D eigenvalue weighted by molar-refractivity contribution is 0.0781. The van der Waals surface area contributed by atoms with Crippen molar-refractivity contribution in [2.24, 2.45) is 0 Å². The molecule has 0 aliphatic rings. The molecule has 0 radical (unpaired) electrons. The molecule has 0 atom stereocenters. The highest BCUT2D eigenvalue weighted by molar-refractivity contribution is 6.33. The Hall–Kier alpha value is -2.92. The van der Waals surface area contributed by atoms with E-state index >= 15 is 0 Å². The zero-order valence-electron chi connectivity index (χ0n) is 14.5. The van der Waals surface area contributed by atoms with E-state index in [1.807, 2.05) is 35.2 Å². The van der Waals surface area contributed by atoms with Crippen molar-refractivity contribution in [3.63, 3.8) is 0 Å². The molecular weight excluding hydrogens is 352 g/mol. The fourth-order valence-electron chi connectivity index (χ4n) is 2.75. The number of carbonyl (C=O) groups excluding carboxylic acids is 1. The molecule has 0 saturated carbocycles. The van der Waals surface area contributed by atoms with E-state index < -0.39 is 0 Å². The van der Waals surface area contributed by atoms with E-state index in [4.69, 9.17) is 16.3 Å². The number of carbonyl (C=O) groups is 1. The normalized spacial score (nSPS) is 10.6. The molecule has 5 nitrogen and oxygen atoms in total. The molecule has 2 aromatic carbocycles. The van der Waals surface area contributed by atoms with Crippen molar-refractivity contribution in [3.05, 3.63) is 77.1 Å². The van der Waals surface area contributed by atoms with Crippen LogP contribution in [-0.2, 0) is 6.54 Å². The van der Waals surface area contributed by atoms with Crippen molar-refractivity contribution in [1.82, 2.24) is 9.47 Å². The first kappa shape index (κ1) is 17.9. The summed E-state index contributed by atoms with van der Waals surface area (Å²) in [5.41, 5.74) is 1.76. The molecular formula is C20H19ClN2O3. The summed E-state index contributed by atoms with van der Waals surface area (Å²) >= 11 is 6.40. The molecule has 0 unspecified atom stereocenters. The van der Waals surface area contributed by atoms with Crippen LogP contribution < -0.4 is 4.74 Å².